The molecule has 1 aromatic carbocycles. The number of carbonyl (C=O) groups is 1. The summed E-state index contributed by atoms with van der Waals surface area (Å²) in [5, 5.41) is 0.373. The van der Waals surface area contributed by atoms with E-state index in [2.05, 4.69) is 15.0 Å². The molecule has 1 aliphatic rings. The average Bonchev–Trinajstić information content (AvgIpc) is 3.17. The highest BCUT2D eigenvalue weighted by atomic mass is 16.5. The molecule has 0 fully saturated rings. The van der Waals surface area contributed by atoms with Crippen LogP contribution < -0.4 is 15.0 Å². The highest BCUT2D eigenvalue weighted by Crippen LogP contribution is 2.29. The van der Waals surface area contributed by atoms with Crippen LogP contribution in [0.5, 0.6) is 11.5 Å². The van der Waals surface area contributed by atoms with Crippen molar-refractivity contribution in [2.45, 2.75) is 19.5 Å². The van der Waals surface area contributed by atoms with Gasteiger partial charge >= 0.3 is 0 Å². The molecule has 2 aromatic heterocycles. The van der Waals surface area contributed by atoms with Crippen LogP contribution in [0.1, 0.15) is 11.4 Å². The van der Waals surface area contributed by atoms with Crippen LogP contribution in [0, 0.1) is 0 Å². The van der Waals surface area contributed by atoms with Gasteiger partial charge in [-0.05, 0) is 6.07 Å². The predicted molar refractivity (Wildman–Crippen MR) is 96.8 cm³/mol. The molecule has 1 aliphatic heterocycles. The first-order valence-electron chi connectivity index (χ1n) is 8.50. The summed E-state index contributed by atoms with van der Waals surface area (Å²) >= 11 is 0. The minimum absolute atomic E-state index is 0.0699. The number of nitrogens with zero attached hydrogens (tertiary/aromatic N) is 4. The summed E-state index contributed by atoms with van der Waals surface area (Å²) in [6, 6.07) is 3.23. The van der Waals surface area contributed by atoms with Crippen LogP contribution >= 0.6 is 0 Å². The monoisotopic (exact) mass is 369 g/mol. The standard InChI is InChI=1S/C18H19N5O4/c1-26-15-5-11-13(6-16(15)27-2)21-10-23(18(11)25)8-17(24)22-4-3-12-14(7-22)20-9-19-12/h5-6,9-10H,3-4,7-8H2,1-2H3,(H,19,20). The molecule has 4 rings (SSSR count). The first-order valence-corrected chi connectivity index (χ1v) is 8.50. The van der Waals surface area contributed by atoms with Crippen molar-refractivity contribution in [1.29, 1.82) is 0 Å². The molecule has 0 unspecified atom stereocenters. The van der Waals surface area contributed by atoms with Crippen LogP contribution in [0.2, 0.25) is 0 Å². The molecule has 0 spiro atoms. The lowest BCUT2D eigenvalue weighted by molar-refractivity contribution is -0.132. The number of benzene rings is 1. The molecule has 27 heavy (non-hydrogen) atoms. The third kappa shape index (κ3) is 3.01. The molecule has 9 nitrogen and oxygen atoms in total. The van der Waals surface area contributed by atoms with Crippen molar-refractivity contribution >= 4 is 16.8 Å². The maximum absolute atomic E-state index is 12.8. The van der Waals surface area contributed by atoms with Crippen LogP contribution in [-0.4, -0.2) is 51.1 Å². The van der Waals surface area contributed by atoms with Gasteiger partial charge in [-0.2, -0.15) is 0 Å². The van der Waals surface area contributed by atoms with Crippen LogP contribution in [-0.2, 0) is 24.3 Å². The zero-order valence-corrected chi connectivity index (χ0v) is 15.1. The fourth-order valence-corrected chi connectivity index (χ4v) is 3.27. The molecule has 3 aromatic rings. The number of methoxy groups -OCH3 is 2. The number of fused-ring (bicyclic) bond motifs is 2. The van der Waals surface area contributed by atoms with Crippen molar-refractivity contribution in [2.24, 2.45) is 0 Å². The Kier molecular flexibility index (Phi) is 4.27. The van der Waals surface area contributed by atoms with Gasteiger partial charge in [0.2, 0.25) is 5.91 Å². The van der Waals surface area contributed by atoms with Crippen molar-refractivity contribution < 1.29 is 14.3 Å². The van der Waals surface area contributed by atoms with Gasteiger partial charge in [0.25, 0.3) is 5.56 Å². The highest BCUT2D eigenvalue weighted by Gasteiger charge is 2.23. The molecule has 0 atom stereocenters. The van der Waals surface area contributed by atoms with Crippen LogP contribution in [0.25, 0.3) is 10.9 Å². The predicted octanol–water partition coefficient (Wildman–Crippen LogP) is 0.722. The van der Waals surface area contributed by atoms with Gasteiger partial charge in [0.1, 0.15) is 6.54 Å². The lowest BCUT2D eigenvalue weighted by Gasteiger charge is -2.26. The molecular formula is C18H19N5O4. The van der Waals surface area contributed by atoms with E-state index in [4.69, 9.17) is 9.47 Å². The van der Waals surface area contributed by atoms with Crippen molar-refractivity contribution in [2.75, 3.05) is 20.8 Å². The molecule has 3 heterocycles. The van der Waals surface area contributed by atoms with Crippen molar-refractivity contribution in [3.63, 3.8) is 0 Å². The summed E-state index contributed by atoms with van der Waals surface area (Å²) in [7, 11) is 3.02. The molecule has 0 saturated carbocycles. The zero-order chi connectivity index (χ0) is 19.0. The number of nitrogens with one attached hydrogen (secondary N) is 1. The Bertz CT molecular complexity index is 1070. The van der Waals surface area contributed by atoms with Gasteiger partial charge in [0.05, 0.1) is 55.7 Å². The number of ether oxygens (including phenoxy) is 2. The van der Waals surface area contributed by atoms with E-state index in [-0.39, 0.29) is 18.0 Å². The number of imidazole rings is 1. The van der Waals surface area contributed by atoms with Gasteiger partial charge in [0.15, 0.2) is 11.5 Å². The van der Waals surface area contributed by atoms with Gasteiger partial charge in [-0.25, -0.2) is 9.97 Å². The maximum atomic E-state index is 12.8. The van der Waals surface area contributed by atoms with Gasteiger partial charge < -0.3 is 19.4 Å². The van der Waals surface area contributed by atoms with Crippen LogP contribution in [0.3, 0.4) is 0 Å². The number of aromatic amines is 1. The van der Waals surface area contributed by atoms with Gasteiger partial charge in [-0.15, -0.1) is 0 Å². The zero-order valence-electron chi connectivity index (χ0n) is 15.1. The van der Waals surface area contributed by atoms with E-state index in [1.165, 1.54) is 25.1 Å². The number of hydrogen-bond donors (Lipinski definition) is 1. The molecule has 0 bridgehead atoms. The Morgan fingerprint density at radius 2 is 2.00 bits per heavy atom. The molecule has 9 heteroatoms. The van der Waals surface area contributed by atoms with Gasteiger partial charge in [0, 0.05) is 19.0 Å². The van der Waals surface area contributed by atoms with E-state index in [9.17, 15) is 9.59 Å². The summed E-state index contributed by atoms with van der Waals surface area (Å²) in [5.41, 5.74) is 2.12. The highest BCUT2D eigenvalue weighted by molar-refractivity contribution is 5.82. The summed E-state index contributed by atoms with van der Waals surface area (Å²) < 4.78 is 11.8. The number of rotatable bonds is 4. The fourth-order valence-electron chi connectivity index (χ4n) is 3.27. The van der Waals surface area contributed by atoms with E-state index < -0.39 is 0 Å². The second-order valence-electron chi connectivity index (χ2n) is 6.30. The topological polar surface area (TPSA) is 102 Å². The quantitative estimate of drug-likeness (QED) is 0.727. The Labute approximate surface area is 154 Å². The lowest BCUT2D eigenvalue weighted by atomic mass is 10.1. The van der Waals surface area contributed by atoms with Crippen molar-refractivity contribution in [3.05, 3.63) is 46.5 Å². The Morgan fingerprint density at radius 1 is 1.22 bits per heavy atom. The van der Waals surface area contributed by atoms with Crippen molar-refractivity contribution in [1.82, 2.24) is 24.4 Å². The van der Waals surface area contributed by atoms with E-state index >= 15 is 0 Å². The largest absolute Gasteiger partial charge is 0.493 e. The molecule has 1 N–H and O–H groups in total. The molecule has 0 radical (unpaired) electrons. The normalized spacial score (nSPS) is 13.5. The Hall–Kier alpha value is -3.36. The van der Waals surface area contributed by atoms with Gasteiger partial charge in [-0.1, -0.05) is 0 Å². The first kappa shape index (κ1) is 17.1. The van der Waals surface area contributed by atoms with Crippen LogP contribution in [0.15, 0.2) is 29.6 Å². The molecule has 0 saturated heterocycles. The van der Waals surface area contributed by atoms with E-state index in [1.54, 1.807) is 23.4 Å². The maximum Gasteiger partial charge on any atom is 0.261 e. The van der Waals surface area contributed by atoms with E-state index in [0.717, 1.165) is 11.4 Å². The lowest BCUT2D eigenvalue weighted by Crippen LogP contribution is -2.39. The third-order valence-corrected chi connectivity index (χ3v) is 4.76. The second kappa shape index (κ2) is 6.75. The number of H-pyrrole nitrogens is 1. The molecule has 1 amide bonds. The average molecular weight is 369 g/mol. The SMILES string of the molecule is COc1cc2ncn(CC(=O)N3CCc4nc[nH]c4C3)c(=O)c2cc1OC. The summed E-state index contributed by atoms with van der Waals surface area (Å²) in [6.45, 7) is 0.978. The third-order valence-electron chi connectivity index (χ3n) is 4.76. The minimum atomic E-state index is -0.298. The number of carbonyl (C=O) groups excluding carboxylic acids is 1. The van der Waals surface area contributed by atoms with Crippen molar-refractivity contribution in [3.8, 4) is 11.5 Å². The summed E-state index contributed by atoms with van der Waals surface area (Å²) in [6.07, 6.45) is 3.73. The smallest absolute Gasteiger partial charge is 0.261 e. The van der Waals surface area contributed by atoms with E-state index in [0.29, 0.717) is 41.9 Å². The number of hydrogen-bond acceptors (Lipinski definition) is 6. The number of aromatic nitrogens is 4. The fraction of sp³-hybridized carbons (Fsp3) is 0.333. The summed E-state index contributed by atoms with van der Waals surface area (Å²) in [4.78, 5) is 38.8. The second-order valence-corrected chi connectivity index (χ2v) is 6.30. The molecule has 140 valence electrons. The molecule has 0 aliphatic carbocycles. The van der Waals surface area contributed by atoms with Gasteiger partial charge in [-0.3, -0.25) is 14.2 Å². The first-order chi connectivity index (χ1) is 13.1. The minimum Gasteiger partial charge on any atom is -0.493 e. The Morgan fingerprint density at radius 3 is 2.78 bits per heavy atom. The number of amides is 1. The summed E-state index contributed by atoms with van der Waals surface area (Å²) in [5.74, 6) is 0.796. The molecular weight excluding hydrogens is 350 g/mol. The Balaban J connectivity index is 1.61. The van der Waals surface area contributed by atoms with E-state index in [1.807, 2.05) is 0 Å². The van der Waals surface area contributed by atoms with Crippen LogP contribution in [0.4, 0.5) is 0 Å².